The topological polar surface area (TPSA) is 61.9 Å². The van der Waals surface area contributed by atoms with Crippen molar-refractivity contribution in [3.8, 4) is 0 Å². The first-order valence-corrected chi connectivity index (χ1v) is 7.83. The van der Waals surface area contributed by atoms with Crippen molar-refractivity contribution in [1.29, 1.82) is 0 Å². The van der Waals surface area contributed by atoms with Crippen LogP contribution in [-0.2, 0) is 11.2 Å². The SMILES string of the molecule is CCNC(=O)N1C[C@@H]2OC(=O)N(CCc3ccc(F)cc3)[C@@H]2C1. The van der Waals surface area contributed by atoms with Gasteiger partial charge in [-0.15, -0.1) is 0 Å². The zero-order chi connectivity index (χ0) is 16.4. The monoisotopic (exact) mass is 321 g/mol. The first-order chi connectivity index (χ1) is 11.1. The fourth-order valence-corrected chi connectivity index (χ4v) is 3.09. The quantitative estimate of drug-likeness (QED) is 0.916. The molecule has 0 aliphatic carbocycles. The Balaban J connectivity index is 1.60. The standard InChI is InChI=1S/C16H20FN3O3/c1-2-18-15(21)19-9-13-14(10-19)23-16(22)20(13)8-7-11-3-5-12(17)6-4-11/h3-6,13-14H,2,7-10H2,1H3,(H,18,21)/t13-,14+/m1/s1. The molecule has 0 bridgehead atoms. The summed E-state index contributed by atoms with van der Waals surface area (Å²) < 4.78 is 18.3. The Morgan fingerprint density at radius 3 is 2.78 bits per heavy atom. The van der Waals surface area contributed by atoms with Crippen molar-refractivity contribution < 1.29 is 18.7 Å². The second-order valence-corrected chi connectivity index (χ2v) is 5.80. The maximum Gasteiger partial charge on any atom is 0.410 e. The van der Waals surface area contributed by atoms with Crippen LogP contribution in [-0.4, -0.2) is 60.2 Å². The number of fused-ring (bicyclic) bond motifs is 1. The average molecular weight is 321 g/mol. The minimum atomic E-state index is -0.335. The molecule has 2 heterocycles. The van der Waals surface area contributed by atoms with Crippen molar-refractivity contribution in [2.24, 2.45) is 0 Å². The van der Waals surface area contributed by atoms with Crippen LogP contribution in [0.25, 0.3) is 0 Å². The fraction of sp³-hybridized carbons (Fsp3) is 0.500. The van der Waals surface area contributed by atoms with Gasteiger partial charge in [-0.25, -0.2) is 14.0 Å². The molecule has 0 saturated carbocycles. The molecule has 0 unspecified atom stereocenters. The van der Waals surface area contributed by atoms with E-state index in [9.17, 15) is 14.0 Å². The van der Waals surface area contributed by atoms with Gasteiger partial charge in [0.1, 0.15) is 11.9 Å². The third kappa shape index (κ3) is 3.23. The summed E-state index contributed by atoms with van der Waals surface area (Å²) in [7, 11) is 0. The highest BCUT2D eigenvalue weighted by Gasteiger charge is 2.48. The lowest BCUT2D eigenvalue weighted by Gasteiger charge is -2.22. The molecule has 0 aromatic heterocycles. The van der Waals surface area contributed by atoms with E-state index in [0.29, 0.717) is 32.6 Å². The van der Waals surface area contributed by atoms with E-state index in [2.05, 4.69) is 5.32 Å². The van der Waals surface area contributed by atoms with Crippen molar-refractivity contribution >= 4 is 12.1 Å². The molecule has 124 valence electrons. The number of hydrogen-bond acceptors (Lipinski definition) is 3. The number of nitrogens with zero attached hydrogens (tertiary/aromatic N) is 2. The Labute approximate surface area is 134 Å². The smallest absolute Gasteiger partial charge is 0.410 e. The minimum Gasteiger partial charge on any atom is -0.442 e. The van der Waals surface area contributed by atoms with E-state index < -0.39 is 0 Å². The van der Waals surface area contributed by atoms with E-state index in [1.165, 1.54) is 12.1 Å². The van der Waals surface area contributed by atoms with Crippen LogP contribution in [0.5, 0.6) is 0 Å². The van der Waals surface area contributed by atoms with Crippen molar-refractivity contribution in [3.05, 3.63) is 35.6 Å². The van der Waals surface area contributed by atoms with Gasteiger partial charge in [0, 0.05) is 19.6 Å². The van der Waals surface area contributed by atoms with Crippen LogP contribution in [0.15, 0.2) is 24.3 Å². The molecule has 0 radical (unpaired) electrons. The molecule has 2 aliphatic heterocycles. The van der Waals surface area contributed by atoms with Gasteiger partial charge in [0.05, 0.1) is 12.6 Å². The number of benzene rings is 1. The van der Waals surface area contributed by atoms with Gasteiger partial charge in [0.15, 0.2) is 0 Å². The number of rotatable bonds is 4. The average Bonchev–Trinajstić information content (AvgIpc) is 3.05. The number of amides is 3. The molecular weight excluding hydrogens is 301 g/mol. The molecule has 6 nitrogen and oxygen atoms in total. The number of halogens is 1. The highest BCUT2D eigenvalue weighted by Crippen LogP contribution is 2.27. The fourth-order valence-electron chi connectivity index (χ4n) is 3.09. The van der Waals surface area contributed by atoms with Crippen LogP contribution >= 0.6 is 0 Å². The summed E-state index contributed by atoms with van der Waals surface area (Å²) in [6, 6.07) is 6.01. The number of carbonyl (C=O) groups is 2. The molecule has 2 aliphatic rings. The summed E-state index contributed by atoms with van der Waals surface area (Å²) in [5.41, 5.74) is 0.959. The van der Waals surface area contributed by atoms with Gasteiger partial charge >= 0.3 is 12.1 Å². The van der Waals surface area contributed by atoms with Crippen molar-refractivity contribution in [3.63, 3.8) is 0 Å². The zero-order valence-corrected chi connectivity index (χ0v) is 13.0. The number of hydrogen-bond donors (Lipinski definition) is 1. The second kappa shape index (κ2) is 6.44. The van der Waals surface area contributed by atoms with E-state index in [1.54, 1.807) is 21.9 Å². The first-order valence-electron chi connectivity index (χ1n) is 7.83. The molecule has 1 aromatic carbocycles. The van der Waals surface area contributed by atoms with Crippen LogP contribution in [0.2, 0.25) is 0 Å². The molecule has 2 atom stereocenters. The molecule has 2 fully saturated rings. The van der Waals surface area contributed by atoms with Crippen LogP contribution in [0.1, 0.15) is 12.5 Å². The number of carbonyl (C=O) groups excluding carboxylic acids is 2. The van der Waals surface area contributed by atoms with Gasteiger partial charge in [-0.2, -0.15) is 0 Å². The van der Waals surface area contributed by atoms with Gasteiger partial charge in [0.25, 0.3) is 0 Å². The summed E-state index contributed by atoms with van der Waals surface area (Å²) in [5.74, 6) is -0.275. The Kier molecular flexibility index (Phi) is 4.36. The molecule has 7 heteroatoms. The Bertz CT molecular complexity index is 593. The largest absolute Gasteiger partial charge is 0.442 e. The van der Waals surface area contributed by atoms with Gasteiger partial charge in [-0.3, -0.25) is 4.90 Å². The van der Waals surface area contributed by atoms with E-state index in [0.717, 1.165) is 5.56 Å². The van der Waals surface area contributed by atoms with Crippen LogP contribution in [0.4, 0.5) is 14.0 Å². The third-order valence-corrected chi connectivity index (χ3v) is 4.29. The molecule has 1 N–H and O–H groups in total. The predicted octanol–water partition coefficient (Wildman–Crippen LogP) is 1.60. The van der Waals surface area contributed by atoms with E-state index in [-0.39, 0.29) is 30.1 Å². The maximum atomic E-state index is 12.9. The zero-order valence-electron chi connectivity index (χ0n) is 13.0. The highest BCUT2D eigenvalue weighted by molar-refractivity contribution is 5.76. The van der Waals surface area contributed by atoms with E-state index in [4.69, 9.17) is 4.74 Å². The summed E-state index contributed by atoms with van der Waals surface area (Å²) >= 11 is 0. The molecule has 1 aromatic rings. The second-order valence-electron chi connectivity index (χ2n) is 5.80. The number of urea groups is 1. The van der Waals surface area contributed by atoms with Gasteiger partial charge in [0.2, 0.25) is 0 Å². The number of ether oxygens (including phenoxy) is 1. The Hall–Kier alpha value is -2.31. The van der Waals surface area contributed by atoms with Gasteiger partial charge < -0.3 is 15.0 Å². The highest BCUT2D eigenvalue weighted by atomic mass is 19.1. The lowest BCUT2D eigenvalue weighted by atomic mass is 10.1. The molecule has 23 heavy (non-hydrogen) atoms. The molecule has 2 saturated heterocycles. The van der Waals surface area contributed by atoms with Crippen molar-refractivity contribution in [2.75, 3.05) is 26.2 Å². The molecule has 3 amide bonds. The van der Waals surface area contributed by atoms with Gasteiger partial charge in [-0.1, -0.05) is 12.1 Å². The summed E-state index contributed by atoms with van der Waals surface area (Å²) in [6.07, 6.45) is 0.0238. The normalized spacial score (nSPS) is 23.0. The lowest BCUT2D eigenvalue weighted by molar-refractivity contribution is 0.123. The van der Waals surface area contributed by atoms with E-state index >= 15 is 0 Å². The summed E-state index contributed by atoms with van der Waals surface area (Å²) in [4.78, 5) is 27.2. The Morgan fingerprint density at radius 2 is 2.09 bits per heavy atom. The van der Waals surface area contributed by atoms with Crippen LogP contribution < -0.4 is 5.32 Å². The van der Waals surface area contributed by atoms with Crippen molar-refractivity contribution in [1.82, 2.24) is 15.1 Å². The number of likely N-dealkylation sites (tertiary alicyclic amines) is 1. The maximum absolute atomic E-state index is 12.9. The Morgan fingerprint density at radius 1 is 1.35 bits per heavy atom. The first kappa shape index (κ1) is 15.6. The minimum absolute atomic E-state index is 0.106. The predicted molar refractivity (Wildman–Crippen MR) is 81.5 cm³/mol. The van der Waals surface area contributed by atoms with Crippen LogP contribution in [0.3, 0.4) is 0 Å². The molecule has 0 spiro atoms. The van der Waals surface area contributed by atoms with E-state index in [1.807, 2.05) is 6.92 Å². The van der Waals surface area contributed by atoms with Gasteiger partial charge in [-0.05, 0) is 31.0 Å². The lowest BCUT2D eigenvalue weighted by Crippen LogP contribution is -2.43. The molecular formula is C16H20FN3O3. The third-order valence-electron chi connectivity index (χ3n) is 4.29. The summed E-state index contributed by atoms with van der Waals surface area (Å²) in [6.45, 7) is 3.83. The number of nitrogens with one attached hydrogen (secondary N) is 1. The van der Waals surface area contributed by atoms with Crippen LogP contribution in [0, 0.1) is 5.82 Å². The summed E-state index contributed by atoms with van der Waals surface area (Å²) in [5, 5.41) is 2.76. The molecule has 3 rings (SSSR count). The van der Waals surface area contributed by atoms with Crippen molar-refractivity contribution in [2.45, 2.75) is 25.5 Å².